The van der Waals surface area contributed by atoms with Gasteiger partial charge in [0.25, 0.3) is 5.91 Å². The summed E-state index contributed by atoms with van der Waals surface area (Å²) in [5.41, 5.74) is 4.42. The number of amides is 1. The number of halogens is 1. The molecule has 0 unspecified atom stereocenters. The summed E-state index contributed by atoms with van der Waals surface area (Å²) in [5.74, 6) is 0.978. The number of nitrogens with one attached hydrogen (secondary N) is 1. The van der Waals surface area contributed by atoms with Crippen molar-refractivity contribution in [3.63, 3.8) is 0 Å². The first-order valence-corrected chi connectivity index (χ1v) is 9.50. The van der Waals surface area contributed by atoms with Crippen LogP contribution < -0.4 is 14.9 Å². The monoisotopic (exact) mass is 408 g/mol. The lowest BCUT2D eigenvalue weighted by Crippen LogP contribution is -2.33. The average Bonchev–Trinajstić information content (AvgIpc) is 2.75. The Hall–Kier alpha value is -3.31. The molecule has 0 bridgehead atoms. The maximum absolute atomic E-state index is 12.1. The number of hydrogen-bond acceptors (Lipinski definition) is 4. The minimum absolute atomic E-state index is 0.348. The number of rotatable bonds is 8. The molecular formula is C23H21ClN2O3. The molecule has 1 atom stereocenters. The average molecular weight is 409 g/mol. The number of hydrazone groups is 1. The molecule has 3 aromatic carbocycles. The van der Waals surface area contributed by atoms with Gasteiger partial charge in [0, 0.05) is 5.02 Å². The molecule has 0 heterocycles. The highest BCUT2D eigenvalue weighted by Gasteiger charge is 2.13. The molecule has 5 nitrogen and oxygen atoms in total. The third-order valence-electron chi connectivity index (χ3n) is 4.01. The fourth-order valence-corrected chi connectivity index (χ4v) is 2.55. The number of carbonyl (C=O) groups excluding carboxylic acids is 1. The summed E-state index contributed by atoms with van der Waals surface area (Å²) >= 11 is 5.83. The van der Waals surface area contributed by atoms with E-state index < -0.39 is 6.10 Å². The highest BCUT2D eigenvalue weighted by molar-refractivity contribution is 6.30. The molecule has 0 fully saturated rings. The predicted molar refractivity (Wildman–Crippen MR) is 114 cm³/mol. The Labute approximate surface area is 174 Å². The van der Waals surface area contributed by atoms with Crippen LogP contribution in [0.3, 0.4) is 0 Å². The summed E-state index contributed by atoms with van der Waals surface area (Å²) in [4.78, 5) is 12.1. The normalized spacial score (nSPS) is 11.8. The summed E-state index contributed by atoms with van der Waals surface area (Å²) < 4.78 is 11.3. The van der Waals surface area contributed by atoms with Crippen LogP contribution in [-0.2, 0) is 11.4 Å². The number of carbonyl (C=O) groups is 1. The Morgan fingerprint density at radius 3 is 2.34 bits per heavy atom. The smallest absolute Gasteiger partial charge is 0.280 e. The predicted octanol–water partition coefficient (Wildman–Crippen LogP) is 4.84. The minimum atomic E-state index is -0.693. The quantitative estimate of drug-likeness (QED) is 0.428. The van der Waals surface area contributed by atoms with E-state index in [1.165, 1.54) is 0 Å². The third kappa shape index (κ3) is 6.66. The van der Waals surface area contributed by atoms with Crippen LogP contribution in [-0.4, -0.2) is 18.2 Å². The van der Waals surface area contributed by atoms with Gasteiger partial charge in [0.15, 0.2) is 6.10 Å². The first-order chi connectivity index (χ1) is 14.1. The van der Waals surface area contributed by atoms with Gasteiger partial charge in [-0.15, -0.1) is 0 Å². The van der Waals surface area contributed by atoms with Crippen molar-refractivity contribution < 1.29 is 14.3 Å². The van der Waals surface area contributed by atoms with Gasteiger partial charge in [-0.2, -0.15) is 5.10 Å². The molecule has 0 radical (unpaired) electrons. The standard InChI is InChI=1S/C23H21ClN2O3/c1-17(29-22-13-9-20(24)10-14-22)23(27)26-25-15-18-7-11-21(12-8-18)28-16-19-5-3-2-4-6-19/h2-15,17H,16H2,1H3,(H,26,27)/b25-15+/t17-/m1/s1. The lowest BCUT2D eigenvalue weighted by Gasteiger charge is -2.12. The van der Waals surface area contributed by atoms with Gasteiger partial charge < -0.3 is 9.47 Å². The van der Waals surface area contributed by atoms with Gasteiger partial charge in [-0.05, 0) is 66.6 Å². The van der Waals surface area contributed by atoms with E-state index in [1.807, 2.05) is 54.6 Å². The van der Waals surface area contributed by atoms with Crippen molar-refractivity contribution in [3.05, 3.63) is 95.0 Å². The van der Waals surface area contributed by atoms with Crippen molar-refractivity contribution in [2.24, 2.45) is 5.10 Å². The Balaban J connectivity index is 1.45. The zero-order valence-electron chi connectivity index (χ0n) is 15.9. The largest absolute Gasteiger partial charge is 0.489 e. The van der Waals surface area contributed by atoms with Crippen LogP contribution in [0.1, 0.15) is 18.1 Å². The molecule has 0 spiro atoms. The fraction of sp³-hybridized carbons (Fsp3) is 0.130. The molecule has 29 heavy (non-hydrogen) atoms. The molecule has 0 aliphatic carbocycles. The second-order valence-corrected chi connectivity index (χ2v) is 6.73. The first kappa shape index (κ1) is 20.4. The Morgan fingerprint density at radius 1 is 1.00 bits per heavy atom. The molecule has 3 rings (SSSR count). The van der Waals surface area contributed by atoms with E-state index >= 15 is 0 Å². The van der Waals surface area contributed by atoms with Gasteiger partial charge in [0.2, 0.25) is 0 Å². The Morgan fingerprint density at radius 2 is 1.66 bits per heavy atom. The van der Waals surface area contributed by atoms with Crippen molar-refractivity contribution in [1.82, 2.24) is 5.43 Å². The van der Waals surface area contributed by atoms with Crippen LogP contribution in [0.4, 0.5) is 0 Å². The molecule has 1 amide bonds. The number of nitrogens with zero attached hydrogens (tertiary/aromatic N) is 1. The lowest BCUT2D eigenvalue weighted by molar-refractivity contribution is -0.127. The highest BCUT2D eigenvalue weighted by atomic mass is 35.5. The van der Waals surface area contributed by atoms with Crippen LogP contribution >= 0.6 is 11.6 Å². The van der Waals surface area contributed by atoms with Gasteiger partial charge in [0.05, 0.1) is 6.21 Å². The van der Waals surface area contributed by atoms with Crippen molar-refractivity contribution >= 4 is 23.7 Å². The number of hydrogen-bond donors (Lipinski definition) is 1. The molecule has 3 aromatic rings. The molecule has 1 N–H and O–H groups in total. The van der Waals surface area contributed by atoms with Crippen LogP contribution in [0.15, 0.2) is 84.0 Å². The highest BCUT2D eigenvalue weighted by Crippen LogP contribution is 2.17. The van der Waals surface area contributed by atoms with Crippen LogP contribution in [0.2, 0.25) is 5.02 Å². The van der Waals surface area contributed by atoms with E-state index in [1.54, 1.807) is 37.4 Å². The summed E-state index contributed by atoms with van der Waals surface area (Å²) in [5, 5.41) is 4.58. The molecule has 0 aliphatic rings. The van der Waals surface area contributed by atoms with E-state index in [2.05, 4.69) is 10.5 Å². The van der Waals surface area contributed by atoms with Crippen molar-refractivity contribution in [2.45, 2.75) is 19.6 Å². The van der Waals surface area contributed by atoms with E-state index in [9.17, 15) is 4.79 Å². The molecule has 6 heteroatoms. The summed E-state index contributed by atoms with van der Waals surface area (Å²) in [6.45, 7) is 2.16. The maximum Gasteiger partial charge on any atom is 0.280 e. The number of benzene rings is 3. The van der Waals surface area contributed by atoms with E-state index in [0.29, 0.717) is 17.4 Å². The van der Waals surface area contributed by atoms with Crippen LogP contribution in [0.25, 0.3) is 0 Å². The van der Waals surface area contributed by atoms with Crippen molar-refractivity contribution in [2.75, 3.05) is 0 Å². The fourth-order valence-electron chi connectivity index (χ4n) is 2.42. The molecular weight excluding hydrogens is 388 g/mol. The van der Waals surface area contributed by atoms with Gasteiger partial charge in [-0.25, -0.2) is 5.43 Å². The zero-order chi connectivity index (χ0) is 20.5. The van der Waals surface area contributed by atoms with Gasteiger partial charge >= 0.3 is 0 Å². The molecule has 0 aromatic heterocycles. The van der Waals surface area contributed by atoms with Gasteiger partial charge in [0.1, 0.15) is 18.1 Å². The number of ether oxygens (including phenoxy) is 2. The van der Waals surface area contributed by atoms with Crippen LogP contribution in [0, 0.1) is 0 Å². The molecule has 0 saturated carbocycles. The Kier molecular flexibility index (Phi) is 7.25. The second kappa shape index (κ2) is 10.3. The third-order valence-corrected chi connectivity index (χ3v) is 4.26. The lowest BCUT2D eigenvalue weighted by atomic mass is 10.2. The first-order valence-electron chi connectivity index (χ1n) is 9.12. The summed E-state index contributed by atoms with van der Waals surface area (Å²) in [7, 11) is 0. The zero-order valence-corrected chi connectivity index (χ0v) is 16.7. The van der Waals surface area contributed by atoms with Crippen LogP contribution in [0.5, 0.6) is 11.5 Å². The van der Waals surface area contributed by atoms with Crippen molar-refractivity contribution in [3.8, 4) is 11.5 Å². The molecule has 0 aliphatic heterocycles. The van der Waals surface area contributed by atoms with E-state index in [-0.39, 0.29) is 5.91 Å². The topological polar surface area (TPSA) is 59.9 Å². The van der Waals surface area contributed by atoms with E-state index in [0.717, 1.165) is 16.9 Å². The van der Waals surface area contributed by atoms with Gasteiger partial charge in [-0.1, -0.05) is 41.9 Å². The minimum Gasteiger partial charge on any atom is -0.489 e. The second-order valence-electron chi connectivity index (χ2n) is 6.29. The SMILES string of the molecule is C[C@@H](Oc1ccc(Cl)cc1)C(=O)N/N=C/c1ccc(OCc2ccccc2)cc1. The van der Waals surface area contributed by atoms with Crippen molar-refractivity contribution in [1.29, 1.82) is 0 Å². The van der Waals surface area contributed by atoms with E-state index in [4.69, 9.17) is 21.1 Å². The summed E-state index contributed by atoms with van der Waals surface area (Å²) in [6, 6.07) is 24.2. The van der Waals surface area contributed by atoms with Gasteiger partial charge in [-0.3, -0.25) is 4.79 Å². The molecule has 0 saturated heterocycles. The molecule has 148 valence electrons. The Bertz CT molecular complexity index is 942. The summed E-state index contributed by atoms with van der Waals surface area (Å²) in [6.07, 6.45) is 0.871. The maximum atomic E-state index is 12.1.